The van der Waals surface area contributed by atoms with Crippen molar-refractivity contribution < 1.29 is 9.59 Å². The Morgan fingerprint density at radius 3 is 2.26 bits per heavy atom. The zero-order chi connectivity index (χ0) is 27.4. The molecule has 0 spiro atoms. The SMILES string of the molecule is CCc1cccc(CC)c1N(C(=O)Cn1nnc2ccccc21)C(C(=O)NC(C)(C)CC)c1cccn1C. The lowest BCUT2D eigenvalue weighted by Crippen LogP contribution is -2.51. The summed E-state index contributed by atoms with van der Waals surface area (Å²) in [5, 5.41) is 11.7. The van der Waals surface area contributed by atoms with E-state index in [9.17, 15) is 9.59 Å². The van der Waals surface area contributed by atoms with Crippen LogP contribution in [0.4, 0.5) is 5.69 Å². The lowest BCUT2D eigenvalue weighted by molar-refractivity contribution is -0.128. The van der Waals surface area contributed by atoms with Crippen LogP contribution in [-0.4, -0.2) is 36.9 Å². The third-order valence-electron chi connectivity index (χ3n) is 7.30. The third kappa shape index (κ3) is 5.35. The van der Waals surface area contributed by atoms with E-state index in [0.717, 1.165) is 52.8 Å². The lowest BCUT2D eigenvalue weighted by Gasteiger charge is -2.36. The first-order valence-corrected chi connectivity index (χ1v) is 13.3. The Labute approximate surface area is 224 Å². The number of carbonyl (C=O) groups excluding carboxylic acids is 2. The molecule has 2 heterocycles. The summed E-state index contributed by atoms with van der Waals surface area (Å²) in [4.78, 5) is 30.3. The van der Waals surface area contributed by atoms with E-state index in [1.807, 2.05) is 93.2 Å². The summed E-state index contributed by atoms with van der Waals surface area (Å²) in [5.74, 6) is -0.449. The minimum atomic E-state index is -0.874. The Bertz CT molecular complexity index is 1410. The van der Waals surface area contributed by atoms with Crippen molar-refractivity contribution in [1.29, 1.82) is 0 Å². The Morgan fingerprint density at radius 1 is 0.974 bits per heavy atom. The number of fused-ring (bicyclic) bond motifs is 1. The third-order valence-corrected chi connectivity index (χ3v) is 7.30. The van der Waals surface area contributed by atoms with Crippen LogP contribution in [0.3, 0.4) is 0 Å². The van der Waals surface area contributed by atoms with Crippen LogP contribution in [0.5, 0.6) is 0 Å². The van der Waals surface area contributed by atoms with E-state index in [1.165, 1.54) is 0 Å². The van der Waals surface area contributed by atoms with Crippen LogP contribution in [0.2, 0.25) is 0 Å². The van der Waals surface area contributed by atoms with Gasteiger partial charge in [0.2, 0.25) is 11.8 Å². The Balaban J connectivity index is 1.91. The Hall–Kier alpha value is -3.94. The van der Waals surface area contributed by atoms with Gasteiger partial charge >= 0.3 is 0 Å². The number of nitrogens with zero attached hydrogens (tertiary/aromatic N) is 5. The van der Waals surface area contributed by atoms with E-state index in [0.29, 0.717) is 0 Å². The summed E-state index contributed by atoms with van der Waals surface area (Å²) in [7, 11) is 1.90. The summed E-state index contributed by atoms with van der Waals surface area (Å²) in [6.45, 7) is 10.1. The maximum Gasteiger partial charge on any atom is 0.249 e. The van der Waals surface area contributed by atoms with Gasteiger partial charge in [0.1, 0.15) is 12.1 Å². The van der Waals surface area contributed by atoms with Gasteiger partial charge in [0.05, 0.1) is 16.9 Å². The lowest BCUT2D eigenvalue weighted by atomic mass is 9.97. The van der Waals surface area contributed by atoms with Gasteiger partial charge in [0.15, 0.2) is 6.04 Å². The number of carbonyl (C=O) groups is 2. The van der Waals surface area contributed by atoms with Crippen LogP contribution in [0.15, 0.2) is 60.8 Å². The van der Waals surface area contributed by atoms with Crippen molar-refractivity contribution in [3.05, 3.63) is 77.6 Å². The van der Waals surface area contributed by atoms with Gasteiger partial charge in [0, 0.05) is 18.8 Å². The Morgan fingerprint density at radius 2 is 1.66 bits per heavy atom. The smallest absolute Gasteiger partial charge is 0.249 e. The van der Waals surface area contributed by atoms with Crippen LogP contribution in [0.25, 0.3) is 11.0 Å². The zero-order valence-electron chi connectivity index (χ0n) is 23.2. The average Bonchev–Trinajstić information content (AvgIpc) is 3.52. The highest BCUT2D eigenvalue weighted by Crippen LogP contribution is 2.35. The number of rotatable bonds is 10. The number of anilines is 1. The predicted molar refractivity (Wildman–Crippen MR) is 151 cm³/mol. The second-order valence-corrected chi connectivity index (χ2v) is 10.3. The van der Waals surface area contributed by atoms with E-state index in [1.54, 1.807) is 9.58 Å². The van der Waals surface area contributed by atoms with Gasteiger partial charge in [-0.2, -0.15) is 0 Å². The van der Waals surface area contributed by atoms with Crippen molar-refractivity contribution in [2.75, 3.05) is 4.90 Å². The zero-order valence-corrected chi connectivity index (χ0v) is 23.2. The van der Waals surface area contributed by atoms with E-state index < -0.39 is 11.6 Å². The van der Waals surface area contributed by atoms with Gasteiger partial charge < -0.3 is 9.88 Å². The maximum atomic E-state index is 14.4. The molecule has 4 rings (SSSR count). The van der Waals surface area contributed by atoms with E-state index in [-0.39, 0.29) is 18.4 Å². The van der Waals surface area contributed by atoms with Gasteiger partial charge in [-0.15, -0.1) is 5.10 Å². The first kappa shape index (κ1) is 27.1. The predicted octanol–water partition coefficient (Wildman–Crippen LogP) is 4.97. The van der Waals surface area contributed by atoms with Gasteiger partial charge in [-0.3, -0.25) is 14.5 Å². The monoisotopic (exact) mass is 514 g/mol. The molecule has 0 saturated carbocycles. The summed E-state index contributed by atoms with van der Waals surface area (Å²) < 4.78 is 3.52. The van der Waals surface area contributed by atoms with Gasteiger partial charge in [-0.1, -0.05) is 56.3 Å². The molecule has 0 radical (unpaired) electrons. The number of aromatic nitrogens is 4. The second kappa shape index (κ2) is 11.2. The second-order valence-electron chi connectivity index (χ2n) is 10.3. The number of hydrogen-bond acceptors (Lipinski definition) is 4. The molecule has 8 heteroatoms. The fraction of sp³-hybridized carbons (Fsp3) is 0.400. The van der Waals surface area contributed by atoms with Crippen LogP contribution in [0.1, 0.15) is 63.9 Å². The first-order valence-electron chi connectivity index (χ1n) is 13.3. The minimum absolute atomic E-state index is 0.0485. The molecule has 1 atom stereocenters. The van der Waals surface area contributed by atoms with E-state index in [2.05, 4.69) is 29.5 Å². The van der Waals surface area contributed by atoms with E-state index >= 15 is 0 Å². The first-order chi connectivity index (χ1) is 18.2. The molecular weight excluding hydrogens is 476 g/mol. The number of benzene rings is 2. The molecule has 2 amide bonds. The quantitative estimate of drug-likeness (QED) is 0.324. The molecule has 0 aliphatic rings. The van der Waals surface area contributed by atoms with Crippen molar-refractivity contribution in [3.8, 4) is 0 Å². The molecule has 2 aromatic carbocycles. The highest BCUT2D eigenvalue weighted by molar-refractivity contribution is 6.02. The fourth-order valence-electron chi connectivity index (χ4n) is 4.79. The van der Waals surface area contributed by atoms with Crippen molar-refractivity contribution in [3.63, 3.8) is 0 Å². The average molecular weight is 515 g/mol. The van der Waals surface area contributed by atoms with Crippen LogP contribution >= 0.6 is 0 Å². The molecule has 1 unspecified atom stereocenters. The highest BCUT2D eigenvalue weighted by atomic mass is 16.2. The number of para-hydroxylation sites is 2. The van der Waals surface area contributed by atoms with Gasteiger partial charge in [-0.25, -0.2) is 4.68 Å². The number of hydrogen-bond donors (Lipinski definition) is 1. The fourth-order valence-corrected chi connectivity index (χ4v) is 4.79. The van der Waals surface area contributed by atoms with Crippen LogP contribution in [0, 0.1) is 0 Å². The van der Waals surface area contributed by atoms with Crippen molar-refractivity contribution in [2.45, 2.75) is 72.0 Å². The highest BCUT2D eigenvalue weighted by Gasteiger charge is 2.38. The minimum Gasteiger partial charge on any atom is -0.352 e. The topological polar surface area (TPSA) is 85.1 Å². The number of nitrogens with one attached hydrogen (secondary N) is 1. The maximum absolute atomic E-state index is 14.4. The van der Waals surface area contributed by atoms with Crippen LogP contribution in [-0.2, 0) is 36.0 Å². The standard InChI is InChI=1S/C30H38N6O2/c1-7-21-14-12-15-22(8-2)27(21)36(26(37)20-35-24-17-11-10-16-23(24)32-33-35)28(25-18-13-19-34(25)6)29(38)31-30(4,5)9-3/h10-19,28H,7-9,20H2,1-6H3,(H,31,38). The molecule has 200 valence electrons. The molecular formula is C30H38N6O2. The van der Waals surface area contributed by atoms with Gasteiger partial charge in [-0.05, 0) is 68.5 Å². The van der Waals surface area contributed by atoms with Crippen molar-refractivity contribution >= 4 is 28.5 Å². The molecule has 1 N–H and O–H groups in total. The number of aryl methyl sites for hydroxylation is 3. The normalized spacial score (nSPS) is 12.5. The summed E-state index contributed by atoms with van der Waals surface area (Å²) in [6.07, 6.45) is 4.10. The molecule has 8 nitrogen and oxygen atoms in total. The molecule has 2 aromatic heterocycles. The molecule has 0 fully saturated rings. The summed E-state index contributed by atoms with van der Waals surface area (Å²) in [6, 6.07) is 16.6. The van der Waals surface area contributed by atoms with Crippen molar-refractivity contribution in [1.82, 2.24) is 24.9 Å². The van der Waals surface area contributed by atoms with Crippen LogP contribution < -0.4 is 10.2 Å². The summed E-state index contributed by atoms with van der Waals surface area (Å²) in [5.41, 5.74) is 4.62. The van der Waals surface area contributed by atoms with Gasteiger partial charge in [0.25, 0.3) is 0 Å². The largest absolute Gasteiger partial charge is 0.352 e. The van der Waals surface area contributed by atoms with E-state index in [4.69, 9.17) is 0 Å². The molecule has 0 aliphatic heterocycles. The van der Waals surface area contributed by atoms with Crippen molar-refractivity contribution in [2.24, 2.45) is 7.05 Å². The molecule has 0 aliphatic carbocycles. The molecule has 0 saturated heterocycles. The summed E-state index contributed by atoms with van der Waals surface area (Å²) >= 11 is 0. The molecule has 0 bridgehead atoms. The Kier molecular flexibility index (Phi) is 7.99. The molecule has 38 heavy (non-hydrogen) atoms. The molecule has 4 aromatic rings. The number of amides is 2.